The van der Waals surface area contributed by atoms with Gasteiger partial charge in [0.15, 0.2) is 0 Å². The number of nitrogens with zero attached hydrogens (tertiary/aromatic N) is 2. The van der Waals surface area contributed by atoms with Gasteiger partial charge in [0.2, 0.25) is 5.91 Å². The van der Waals surface area contributed by atoms with E-state index in [1.807, 2.05) is 12.3 Å². The number of nitrogens with one attached hydrogen (secondary N) is 1. The maximum Gasteiger partial charge on any atom is 0.282 e. The van der Waals surface area contributed by atoms with Crippen molar-refractivity contribution in [3.63, 3.8) is 0 Å². The molecule has 1 fully saturated rings. The molecule has 19 heavy (non-hydrogen) atoms. The van der Waals surface area contributed by atoms with E-state index in [2.05, 4.69) is 17.2 Å². The van der Waals surface area contributed by atoms with Crippen LogP contribution in [0.4, 0.5) is 4.79 Å². The highest BCUT2D eigenvalue weighted by molar-refractivity contribution is 8.13. The predicted molar refractivity (Wildman–Crippen MR) is 77.5 cm³/mol. The summed E-state index contributed by atoms with van der Waals surface area (Å²) in [5, 5.41) is 5.80. The van der Waals surface area contributed by atoms with Crippen molar-refractivity contribution in [3.8, 4) is 0 Å². The van der Waals surface area contributed by atoms with Gasteiger partial charge in [-0.25, -0.2) is 4.98 Å². The summed E-state index contributed by atoms with van der Waals surface area (Å²) < 4.78 is 0. The summed E-state index contributed by atoms with van der Waals surface area (Å²) in [6.45, 7) is 4.76. The third kappa shape index (κ3) is 3.70. The predicted octanol–water partition coefficient (Wildman–Crippen LogP) is 2.05. The minimum absolute atomic E-state index is 0.00896. The number of hydrogen-bond acceptors (Lipinski definition) is 5. The molecular formula is C12H17N3O2S2. The Morgan fingerprint density at radius 1 is 1.63 bits per heavy atom. The third-order valence-electron chi connectivity index (χ3n) is 2.86. The molecule has 104 valence electrons. The number of aryl methyl sites for hydroxylation is 1. The first-order valence-electron chi connectivity index (χ1n) is 6.25. The van der Waals surface area contributed by atoms with Crippen molar-refractivity contribution >= 4 is 34.2 Å². The Kier molecular flexibility index (Phi) is 4.81. The molecule has 0 bridgehead atoms. The number of aromatic nitrogens is 1. The van der Waals surface area contributed by atoms with Crippen LogP contribution in [0.15, 0.2) is 5.38 Å². The summed E-state index contributed by atoms with van der Waals surface area (Å²) in [7, 11) is 0. The minimum Gasteiger partial charge on any atom is -0.346 e. The number of amides is 2. The first-order valence-corrected chi connectivity index (χ1v) is 8.12. The van der Waals surface area contributed by atoms with Gasteiger partial charge in [0.25, 0.3) is 5.24 Å². The van der Waals surface area contributed by atoms with Crippen LogP contribution in [0.3, 0.4) is 0 Å². The van der Waals surface area contributed by atoms with Gasteiger partial charge in [-0.1, -0.05) is 18.7 Å². The molecule has 1 saturated heterocycles. The summed E-state index contributed by atoms with van der Waals surface area (Å²) in [6, 6.07) is -0.108. The highest BCUT2D eigenvalue weighted by Crippen LogP contribution is 2.19. The number of thiazole rings is 1. The summed E-state index contributed by atoms with van der Waals surface area (Å²) in [5.74, 6) is 0.644. The van der Waals surface area contributed by atoms with Crippen molar-refractivity contribution in [1.82, 2.24) is 15.2 Å². The molecule has 1 unspecified atom stereocenters. The fourth-order valence-electron chi connectivity index (χ4n) is 1.78. The highest BCUT2D eigenvalue weighted by atomic mass is 32.2. The summed E-state index contributed by atoms with van der Waals surface area (Å²) in [4.78, 5) is 29.3. The molecule has 0 radical (unpaired) electrons. The summed E-state index contributed by atoms with van der Waals surface area (Å²) in [5.41, 5.74) is 1.05. The van der Waals surface area contributed by atoms with Crippen LogP contribution in [0.2, 0.25) is 0 Å². The largest absolute Gasteiger partial charge is 0.346 e. The van der Waals surface area contributed by atoms with E-state index in [9.17, 15) is 9.59 Å². The van der Waals surface area contributed by atoms with E-state index in [1.165, 1.54) is 11.8 Å². The second kappa shape index (κ2) is 6.38. The second-order valence-electron chi connectivity index (χ2n) is 4.36. The molecule has 2 amide bonds. The topological polar surface area (TPSA) is 62.3 Å². The molecule has 0 aliphatic carbocycles. The summed E-state index contributed by atoms with van der Waals surface area (Å²) >= 11 is 2.82. The van der Waals surface area contributed by atoms with Crippen molar-refractivity contribution < 1.29 is 9.59 Å². The standard InChI is InChI=1S/C12H17N3O2S2/c1-3-9-7-19-11(14-9)8(2)13-10(16)6-15-4-5-18-12(15)17/h7-8H,3-6H2,1-2H3,(H,13,16). The van der Waals surface area contributed by atoms with Crippen LogP contribution in [0.1, 0.15) is 30.6 Å². The van der Waals surface area contributed by atoms with E-state index in [-0.39, 0.29) is 23.7 Å². The molecule has 7 heteroatoms. The van der Waals surface area contributed by atoms with Crippen LogP contribution in [0.5, 0.6) is 0 Å². The Labute approximate surface area is 120 Å². The molecule has 1 aliphatic rings. The molecule has 1 aromatic heterocycles. The van der Waals surface area contributed by atoms with Crippen molar-refractivity contribution in [1.29, 1.82) is 0 Å². The quantitative estimate of drug-likeness (QED) is 0.904. The van der Waals surface area contributed by atoms with E-state index >= 15 is 0 Å². The lowest BCUT2D eigenvalue weighted by molar-refractivity contribution is -0.122. The maximum absolute atomic E-state index is 11.9. The summed E-state index contributed by atoms with van der Waals surface area (Å²) in [6.07, 6.45) is 0.899. The van der Waals surface area contributed by atoms with Gasteiger partial charge in [-0.15, -0.1) is 11.3 Å². The lowest BCUT2D eigenvalue weighted by Gasteiger charge is -2.16. The van der Waals surface area contributed by atoms with Gasteiger partial charge in [0.1, 0.15) is 11.6 Å². The lowest BCUT2D eigenvalue weighted by atomic mass is 10.3. The number of thioether (sulfide) groups is 1. The Morgan fingerprint density at radius 2 is 2.42 bits per heavy atom. The smallest absolute Gasteiger partial charge is 0.282 e. The van der Waals surface area contributed by atoms with Crippen molar-refractivity contribution in [2.45, 2.75) is 26.3 Å². The number of hydrogen-bond donors (Lipinski definition) is 1. The first-order chi connectivity index (χ1) is 9.10. The van der Waals surface area contributed by atoms with Crippen LogP contribution in [0, 0.1) is 0 Å². The Balaban J connectivity index is 1.86. The zero-order valence-corrected chi connectivity index (χ0v) is 12.6. The van der Waals surface area contributed by atoms with Gasteiger partial charge >= 0.3 is 0 Å². The van der Waals surface area contributed by atoms with Crippen LogP contribution in [-0.2, 0) is 11.2 Å². The molecule has 1 atom stereocenters. The Hall–Kier alpha value is -1.08. The monoisotopic (exact) mass is 299 g/mol. The SMILES string of the molecule is CCc1csc(C(C)NC(=O)CN2CCSC2=O)n1. The fourth-order valence-corrected chi connectivity index (χ4v) is 3.51. The lowest BCUT2D eigenvalue weighted by Crippen LogP contribution is -2.38. The second-order valence-corrected chi connectivity index (χ2v) is 6.29. The van der Waals surface area contributed by atoms with E-state index < -0.39 is 0 Å². The highest BCUT2D eigenvalue weighted by Gasteiger charge is 2.24. The van der Waals surface area contributed by atoms with E-state index in [1.54, 1.807) is 16.2 Å². The average molecular weight is 299 g/mol. The average Bonchev–Trinajstić information content (AvgIpc) is 2.99. The van der Waals surface area contributed by atoms with Gasteiger partial charge in [-0.05, 0) is 13.3 Å². The van der Waals surface area contributed by atoms with Gasteiger partial charge in [0.05, 0.1) is 11.7 Å². The zero-order chi connectivity index (χ0) is 13.8. The van der Waals surface area contributed by atoms with Crippen molar-refractivity contribution in [3.05, 3.63) is 16.1 Å². The van der Waals surface area contributed by atoms with Gasteiger partial charge < -0.3 is 10.2 Å². The molecule has 0 saturated carbocycles. The van der Waals surface area contributed by atoms with Crippen LogP contribution in [0.25, 0.3) is 0 Å². The molecule has 2 rings (SSSR count). The molecule has 0 spiro atoms. The van der Waals surface area contributed by atoms with E-state index in [0.717, 1.165) is 22.9 Å². The zero-order valence-electron chi connectivity index (χ0n) is 11.0. The minimum atomic E-state index is -0.128. The van der Waals surface area contributed by atoms with Gasteiger partial charge in [-0.2, -0.15) is 0 Å². The van der Waals surface area contributed by atoms with Crippen molar-refractivity contribution in [2.75, 3.05) is 18.8 Å². The van der Waals surface area contributed by atoms with E-state index in [0.29, 0.717) is 6.54 Å². The normalized spacial score (nSPS) is 16.7. The van der Waals surface area contributed by atoms with Crippen LogP contribution < -0.4 is 5.32 Å². The van der Waals surface area contributed by atoms with Gasteiger partial charge in [-0.3, -0.25) is 9.59 Å². The van der Waals surface area contributed by atoms with Gasteiger partial charge in [0, 0.05) is 17.7 Å². The molecule has 1 aromatic rings. The van der Waals surface area contributed by atoms with Crippen molar-refractivity contribution in [2.24, 2.45) is 0 Å². The van der Waals surface area contributed by atoms with Crippen LogP contribution in [-0.4, -0.2) is 39.9 Å². The van der Waals surface area contributed by atoms with E-state index in [4.69, 9.17) is 0 Å². The molecule has 0 aromatic carbocycles. The molecule has 1 N–H and O–H groups in total. The molecular weight excluding hydrogens is 282 g/mol. The number of carbonyl (C=O) groups is 2. The third-order valence-corrected chi connectivity index (χ3v) is 4.83. The molecule has 5 nitrogen and oxygen atoms in total. The molecule has 2 heterocycles. The Morgan fingerprint density at radius 3 is 3.00 bits per heavy atom. The molecule has 1 aliphatic heterocycles. The maximum atomic E-state index is 11.9. The number of carbonyl (C=O) groups excluding carboxylic acids is 2. The first kappa shape index (κ1) is 14.3. The Bertz CT molecular complexity index is 475. The van der Waals surface area contributed by atoms with Crippen LogP contribution >= 0.6 is 23.1 Å². The number of rotatable bonds is 5. The fraction of sp³-hybridized carbons (Fsp3) is 0.583.